The molecule has 3 nitrogen and oxygen atoms in total. The molecule has 96 valence electrons. The van der Waals surface area contributed by atoms with Crippen LogP contribution < -0.4 is 0 Å². The van der Waals surface area contributed by atoms with E-state index in [-0.39, 0.29) is 29.9 Å². The summed E-state index contributed by atoms with van der Waals surface area (Å²) in [5.41, 5.74) is 1.65. The monoisotopic (exact) mass is 349 g/mol. The lowest BCUT2D eigenvalue weighted by Gasteiger charge is -2.14. The van der Waals surface area contributed by atoms with Crippen LogP contribution in [0.4, 0.5) is 0 Å². The van der Waals surface area contributed by atoms with Crippen molar-refractivity contribution in [1.82, 2.24) is 4.90 Å². The molecule has 0 aromatic heterocycles. The molecule has 4 heteroatoms. The van der Waals surface area contributed by atoms with Crippen LogP contribution in [0.25, 0.3) is 0 Å². The second kappa shape index (κ2) is 10.1. The van der Waals surface area contributed by atoms with Gasteiger partial charge in [-0.1, -0.05) is 25.3 Å². The number of carbonyl (C=O) groups is 1. The second-order valence-electron chi connectivity index (χ2n) is 3.44. The van der Waals surface area contributed by atoms with Crippen LogP contribution in [-0.2, 0) is 9.53 Å². The zero-order chi connectivity index (χ0) is 12.6. The molecule has 0 saturated heterocycles. The third kappa shape index (κ3) is 8.74. The van der Waals surface area contributed by atoms with Gasteiger partial charge in [0.15, 0.2) is 0 Å². The lowest BCUT2D eigenvalue weighted by Crippen LogP contribution is -2.12. The Morgan fingerprint density at radius 3 is 2.41 bits per heavy atom. The van der Waals surface area contributed by atoms with Crippen LogP contribution in [0, 0.1) is 0 Å². The van der Waals surface area contributed by atoms with Crippen LogP contribution in [0.5, 0.6) is 0 Å². The summed E-state index contributed by atoms with van der Waals surface area (Å²) in [6, 6.07) is 0. The topological polar surface area (TPSA) is 29.5 Å². The Morgan fingerprint density at radius 1 is 1.59 bits per heavy atom. The Morgan fingerprint density at radius 2 is 2.18 bits per heavy atom. The van der Waals surface area contributed by atoms with E-state index in [9.17, 15) is 4.79 Å². The smallest absolute Gasteiger partial charge is 0.332 e. The molecule has 0 amide bonds. The average Bonchev–Trinajstić information content (AvgIpc) is 2.29. The van der Waals surface area contributed by atoms with E-state index >= 15 is 0 Å². The Kier molecular flexibility index (Phi) is 10.9. The fourth-order valence-electron chi connectivity index (χ4n) is 0.917. The first-order valence-corrected chi connectivity index (χ1v) is 4.96. The Hall–Kier alpha value is -1.04. The number of methoxy groups -OCH3 is 1. The minimum atomic E-state index is -0.347. The molecule has 1 aliphatic rings. The van der Waals surface area contributed by atoms with Crippen LogP contribution in [0.15, 0.2) is 48.7 Å². The number of hydrogen-bond donors (Lipinski definition) is 0. The standard InChI is InChI=1S/C8H11N.C5H8O2.HI/c1-3-8-4-6-9(2)7-5-8;1-4(2)5(6)7-3;/h3-6H,1,7H2,2H3;1H2,2-3H3;1H. The summed E-state index contributed by atoms with van der Waals surface area (Å²) in [5, 5.41) is 0. The number of halogens is 1. The van der Waals surface area contributed by atoms with Gasteiger partial charge in [0.2, 0.25) is 0 Å². The van der Waals surface area contributed by atoms with Crippen LogP contribution in [0.1, 0.15) is 6.92 Å². The van der Waals surface area contributed by atoms with Crippen molar-refractivity contribution < 1.29 is 9.53 Å². The maximum Gasteiger partial charge on any atom is 0.332 e. The van der Waals surface area contributed by atoms with Crippen molar-refractivity contribution in [2.75, 3.05) is 20.7 Å². The Labute approximate surface area is 121 Å². The summed E-state index contributed by atoms with van der Waals surface area (Å²) < 4.78 is 4.27. The van der Waals surface area contributed by atoms with Crippen molar-refractivity contribution in [3.63, 3.8) is 0 Å². The zero-order valence-electron chi connectivity index (χ0n) is 10.6. The quantitative estimate of drug-likeness (QED) is 0.436. The molecule has 17 heavy (non-hydrogen) atoms. The maximum absolute atomic E-state index is 10.2. The van der Waals surface area contributed by atoms with Crippen molar-refractivity contribution in [2.45, 2.75) is 6.92 Å². The molecule has 1 aliphatic heterocycles. The molecule has 0 fully saturated rings. The molecule has 0 bridgehead atoms. The molecule has 0 atom stereocenters. The fourth-order valence-corrected chi connectivity index (χ4v) is 0.917. The summed E-state index contributed by atoms with van der Waals surface area (Å²) in [5.74, 6) is -0.347. The number of likely N-dealkylation sites (N-methyl/N-ethyl adjacent to an activating group) is 1. The van der Waals surface area contributed by atoms with Gasteiger partial charge in [0, 0.05) is 19.2 Å². The minimum Gasteiger partial charge on any atom is -0.466 e. The van der Waals surface area contributed by atoms with Crippen molar-refractivity contribution in [2.24, 2.45) is 0 Å². The van der Waals surface area contributed by atoms with Gasteiger partial charge >= 0.3 is 5.97 Å². The van der Waals surface area contributed by atoms with E-state index in [0.29, 0.717) is 5.57 Å². The number of esters is 1. The predicted octanol–water partition coefficient (Wildman–Crippen LogP) is 2.91. The van der Waals surface area contributed by atoms with Gasteiger partial charge in [-0.15, -0.1) is 24.0 Å². The number of ether oxygens (including phenoxy) is 1. The van der Waals surface area contributed by atoms with Gasteiger partial charge in [0.05, 0.1) is 7.11 Å². The second-order valence-corrected chi connectivity index (χ2v) is 3.44. The summed E-state index contributed by atoms with van der Waals surface area (Å²) in [6.07, 6.45) is 8.12. The summed E-state index contributed by atoms with van der Waals surface area (Å²) >= 11 is 0. The Bertz CT molecular complexity index is 332. The van der Waals surface area contributed by atoms with Crippen LogP contribution in [0.2, 0.25) is 0 Å². The van der Waals surface area contributed by atoms with Gasteiger partial charge in [-0.3, -0.25) is 0 Å². The van der Waals surface area contributed by atoms with Crippen LogP contribution >= 0.6 is 24.0 Å². The number of hydrogen-bond acceptors (Lipinski definition) is 3. The van der Waals surface area contributed by atoms with E-state index < -0.39 is 0 Å². The molecule has 0 radical (unpaired) electrons. The van der Waals surface area contributed by atoms with Gasteiger partial charge < -0.3 is 9.64 Å². The molecular formula is C13H20INO2. The highest BCUT2D eigenvalue weighted by Gasteiger charge is 1.95. The van der Waals surface area contributed by atoms with Crippen LogP contribution in [0.3, 0.4) is 0 Å². The highest BCUT2D eigenvalue weighted by molar-refractivity contribution is 14.0. The first kappa shape index (κ1) is 18.3. The van der Waals surface area contributed by atoms with Crippen molar-refractivity contribution in [3.8, 4) is 0 Å². The largest absolute Gasteiger partial charge is 0.466 e. The first-order chi connectivity index (χ1) is 7.51. The first-order valence-electron chi connectivity index (χ1n) is 4.96. The lowest BCUT2D eigenvalue weighted by atomic mass is 10.2. The molecule has 0 spiro atoms. The average molecular weight is 349 g/mol. The van der Waals surface area contributed by atoms with E-state index in [2.05, 4.69) is 41.1 Å². The van der Waals surface area contributed by atoms with E-state index in [1.807, 2.05) is 13.1 Å². The molecular weight excluding hydrogens is 329 g/mol. The van der Waals surface area contributed by atoms with E-state index in [4.69, 9.17) is 0 Å². The fraction of sp³-hybridized carbons (Fsp3) is 0.308. The molecule has 1 heterocycles. The Balaban J connectivity index is 0. The highest BCUT2D eigenvalue weighted by Crippen LogP contribution is 2.04. The lowest BCUT2D eigenvalue weighted by molar-refractivity contribution is -0.136. The van der Waals surface area contributed by atoms with Gasteiger partial charge in [-0.25, -0.2) is 4.79 Å². The SMILES string of the molecule is C=C(C)C(=O)OC.C=CC1=CCN(C)C=C1.I. The summed E-state index contributed by atoms with van der Waals surface area (Å²) in [7, 11) is 3.38. The van der Waals surface area contributed by atoms with Crippen molar-refractivity contribution in [1.29, 1.82) is 0 Å². The van der Waals surface area contributed by atoms with E-state index in [1.165, 1.54) is 12.7 Å². The summed E-state index contributed by atoms with van der Waals surface area (Å²) in [4.78, 5) is 12.3. The number of carbonyl (C=O) groups excluding carboxylic acids is 1. The molecule has 1 rings (SSSR count). The van der Waals surface area contributed by atoms with Gasteiger partial charge in [0.25, 0.3) is 0 Å². The molecule has 0 aliphatic carbocycles. The number of allylic oxidation sites excluding steroid dienone is 3. The third-order valence-corrected chi connectivity index (χ3v) is 1.91. The van der Waals surface area contributed by atoms with Crippen molar-refractivity contribution in [3.05, 3.63) is 48.7 Å². The van der Waals surface area contributed by atoms with Gasteiger partial charge in [0.1, 0.15) is 0 Å². The van der Waals surface area contributed by atoms with Crippen LogP contribution in [-0.4, -0.2) is 31.6 Å². The molecule has 0 aromatic rings. The van der Waals surface area contributed by atoms with Crippen molar-refractivity contribution >= 4 is 29.9 Å². The van der Waals surface area contributed by atoms with E-state index in [0.717, 1.165) is 6.54 Å². The third-order valence-electron chi connectivity index (χ3n) is 1.91. The molecule has 0 N–H and O–H groups in total. The van der Waals surface area contributed by atoms with Gasteiger partial charge in [-0.2, -0.15) is 0 Å². The predicted molar refractivity (Wildman–Crippen MR) is 82.3 cm³/mol. The molecule has 0 saturated carbocycles. The highest BCUT2D eigenvalue weighted by atomic mass is 127. The molecule has 0 aromatic carbocycles. The minimum absolute atomic E-state index is 0. The maximum atomic E-state index is 10.2. The van der Waals surface area contributed by atoms with E-state index in [1.54, 1.807) is 6.92 Å². The van der Waals surface area contributed by atoms with Gasteiger partial charge in [-0.05, 0) is 24.8 Å². The molecule has 0 unspecified atom stereocenters. The normalized spacial score (nSPS) is 12.4. The number of rotatable bonds is 2. The summed E-state index contributed by atoms with van der Waals surface area (Å²) in [6.45, 7) is 9.62. The zero-order valence-corrected chi connectivity index (χ0v) is 12.9. The number of nitrogens with zero attached hydrogens (tertiary/aromatic N) is 1.